The maximum Gasteiger partial charge on any atom is 0.136 e. The van der Waals surface area contributed by atoms with Crippen LogP contribution in [0.3, 0.4) is 0 Å². The monoisotopic (exact) mass is 572 g/mol. The molecule has 0 aliphatic heterocycles. The van der Waals surface area contributed by atoms with Crippen molar-refractivity contribution >= 4 is 43.5 Å². The summed E-state index contributed by atoms with van der Waals surface area (Å²) in [6, 6.07) is 61.2. The molecular weight excluding hydrogens is 544 g/mol. The topological polar surface area (TPSA) is 13.1 Å². The third-order valence-electron chi connectivity index (χ3n) is 9.05. The van der Waals surface area contributed by atoms with Crippen LogP contribution in [0.5, 0.6) is 0 Å². The molecule has 1 heteroatoms. The molecule has 45 heavy (non-hydrogen) atoms. The van der Waals surface area contributed by atoms with Crippen molar-refractivity contribution in [1.29, 1.82) is 0 Å². The molecule has 0 aliphatic carbocycles. The van der Waals surface area contributed by atoms with Crippen molar-refractivity contribution in [2.24, 2.45) is 0 Å². The van der Waals surface area contributed by atoms with Crippen LogP contribution in [0.1, 0.15) is 0 Å². The van der Waals surface area contributed by atoms with Crippen LogP contribution in [0.25, 0.3) is 88.0 Å². The van der Waals surface area contributed by atoms with Crippen LogP contribution in [0.15, 0.2) is 174 Å². The molecule has 1 aromatic heterocycles. The molecule has 0 saturated heterocycles. The van der Waals surface area contributed by atoms with Crippen molar-refractivity contribution in [2.45, 2.75) is 0 Å². The SMILES string of the molecule is c1ccc2cc(-c3cc(-c4ccc(-c5cccc6ccccc56)cc4)cc(-c4cccc5oc6ccccc6c45)c3)ccc2c1. The van der Waals surface area contributed by atoms with Crippen LogP contribution in [0, 0.1) is 0 Å². The zero-order chi connectivity index (χ0) is 29.7. The Morgan fingerprint density at radius 2 is 0.867 bits per heavy atom. The molecule has 0 unspecified atom stereocenters. The van der Waals surface area contributed by atoms with E-state index in [1.807, 2.05) is 12.1 Å². The van der Waals surface area contributed by atoms with Gasteiger partial charge in [0.15, 0.2) is 0 Å². The smallest absolute Gasteiger partial charge is 0.136 e. The molecule has 0 saturated carbocycles. The highest BCUT2D eigenvalue weighted by atomic mass is 16.3. The molecule has 1 nitrogen and oxygen atoms in total. The van der Waals surface area contributed by atoms with Gasteiger partial charge in [-0.2, -0.15) is 0 Å². The Labute approximate surface area is 261 Å². The zero-order valence-corrected chi connectivity index (χ0v) is 24.6. The van der Waals surface area contributed by atoms with Crippen molar-refractivity contribution in [3.05, 3.63) is 170 Å². The molecule has 9 aromatic rings. The molecule has 0 amide bonds. The summed E-state index contributed by atoms with van der Waals surface area (Å²) in [6.07, 6.45) is 0. The van der Waals surface area contributed by atoms with Gasteiger partial charge in [0.1, 0.15) is 11.2 Å². The van der Waals surface area contributed by atoms with Gasteiger partial charge in [0.2, 0.25) is 0 Å². The second kappa shape index (κ2) is 10.4. The Kier molecular flexibility index (Phi) is 5.89. The minimum absolute atomic E-state index is 0.908. The number of hydrogen-bond donors (Lipinski definition) is 0. The number of rotatable bonds is 4. The van der Waals surface area contributed by atoms with Crippen molar-refractivity contribution < 1.29 is 4.42 Å². The molecule has 0 fully saturated rings. The molecule has 0 bridgehead atoms. The second-order valence-corrected chi connectivity index (χ2v) is 11.7. The first-order valence-corrected chi connectivity index (χ1v) is 15.4. The highest BCUT2D eigenvalue weighted by Crippen LogP contribution is 2.40. The molecule has 0 spiro atoms. The van der Waals surface area contributed by atoms with Crippen molar-refractivity contribution in [2.75, 3.05) is 0 Å². The van der Waals surface area contributed by atoms with Gasteiger partial charge in [-0.1, -0.05) is 133 Å². The molecule has 8 aromatic carbocycles. The summed E-state index contributed by atoms with van der Waals surface area (Å²) in [5.41, 5.74) is 11.4. The first kappa shape index (κ1) is 25.6. The quantitative estimate of drug-likeness (QED) is 0.204. The van der Waals surface area contributed by atoms with E-state index in [4.69, 9.17) is 4.42 Å². The molecule has 0 atom stereocenters. The number of para-hydroxylation sites is 1. The normalized spacial score (nSPS) is 11.6. The van der Waals surface area contributed by atoms with Crippen LogP contribution in [0.2, 0.25) is 0 Å². The summed E-state index contributed by atoms with van der Waals surface area (Å²) >= 11 is 0. The fourth-order valence-corrected chi connectivity index (χ4v) is 6.82. The van der Waals surface area contributed by atoms with E-state index in [9.17, 15) is 0 Å². The number of fused-ring (bicyclic) bond motifs is 5. The Bertz CT molecular complexity index is 2530. The Morgan fingerprint density at radius 3 is 1.73 bits per heavy atom. The van der Waals surface area contributed by atoms with E-state index in [2.05, 4.69) is 158 Å². The van der Waals surface area contributed by atoms with Crippen LogP contribution in [-0.4, -0.2) is 0 Å². The number of furan rings is 1. The van der Waals surface area contributed by atoms with E-state index in [-0.39, 0.29) is 0 Å². The van der Waals surface area contributed by atoms with E-state index >= 15 is 0 Å². The maximum absolute atomic E-state index is 6.28. The summed E-state index contributed by atoms with van der Waals surface area (Å²) in [6.45, 7) is 0. The predicted octanol–water partition coefficient (Wildman–Crippen LogP) is 12.6. The molecule has 9 rings (SSSR count). The summed E-state index contributed by atoms with van der Waals surface area (Å²) < 4.78 is 6.28. The van der Waals surface area contributed by atoms with Crippen molar-refractivity contribution in [3.8, 4) is 44.5 Å². The highest BCUT2D eigenvalue weighted by molar-refractivity contribution is 6.12. The van der Waals surface area contributed by atoms with E-state index < -0.39 is 0 Å². The summed E-state index contributed by atoms with van der Waals surface area (Å²) in [5.74, 6) is 0. The van der Waals surface area contributed by atoms with Crippen molar-refractivity contribution in [1.82, 2.24) is 0 Å². The third-order valence-corrected chi connectivity index (χ3v) is 9.05. The van der Waals surface area contributed by atoms with Crippen LogP contribution >= 0.6 is 0 Å². The van der Waals surface area contributed by atoms with Gasteiger partial charge >= 0.3 is 0 Å². The third kappa shape index (κ3) is 4.41. The first-order valence-electron chi connectivity index (χ1n) is 15.4. The molecule has 210 valence electrons. The molecule has 0 aliphatic rings. The van der Waals surface area contributed by atoms with Crippen LogP contribution in [0.4, 0.5) is 0 Å². The fraction of sp³-hybridized carbons (Fsp3) is 0. The lowest BCUT2D eigenvalue weighted by Crippen LogP contribution is -1.88. The summed E-state index contributed by atoms with van der Waals surface area (Å²) in [5, 5.41) is 7.31. The lowest BCUT2D eigenvalue weighted by Gasteiger charge is -2.13. The maximum atomic E-state index is 6.28. The fourth-order valence-electron chi connectivity index (χ4n) is 6.82. The lowest BCUT2D eigenvalue weighted by molar-refractivity contribution is 0.669. The van der Waals surface area contributed by atoms with Crippen LogP contribution in [-0.2, 0) is 0 Å². The Balaban J connectivity index is 1.23. The predicted molar refractivity (Wildman–Crippen MR) is 190 cm³/mol. The minimum atomic E-state index is 0.908. The van der Waals surface area contributed by atoms with Gasteiger partial charge in [-0.25, -0.2) is 0 Å². The Morgan fingerprint density at radius 1 is 0.289 bits per heavy atom. The minimum Gasteiger partial charge on any atom is -0.456 e. The second-order valence-electron chi connectivity index (χ2n) is 11.7. The van der Waals surface area contributed by atoms with Crippen LogP contribution < -0.4 is 0 Å². The molecule has 0 radical (unpaired) electrons. The first-order chi connectivity index (χ1) is 22.3. The van der Waals surface area contributed by atoms with Crippen molar-refractivity contribution in [3.63, 3.8) is 0 Å². The standard InChI is InChI=1S/C44H28O/c1-2-11-33-25-34(24-21-29(33)9-1)36-26-35(30-19-22-32(23-20-30)39-15-7-12-31-10-3-4-13-38(31)39)27-37(28-36)40-16-8-18-43-44(40)41-14-5-6-17-42(41)45-43/h1-28H. The highest BCUT2D eigenvalue weighted by Gasteiger charge is 2.15. The zero-order valence-electron chi connectivity index (χ0n) is 24.6. The van der Waals surface area contributed by atoms with Gasteiger partial charge in [-0.05, 0) is 102 Å². The van der Waals surface area contributed by atoms with E-state index in [1.165, 1.54) is 66.1 Å². The largest absolute Gasteiger partial charge is 0.456 e. The molecule has 0 N–H and O–H groups in total. The van der Waals surface area contributed by atoms with Gasteiger partial charge in [0.05, 0.1) is 0 Å². The summed E-state index contributed by atoms with van der Waals surface area (Å²) in [7, 11) is 0. The van der Waals surface area contributed by atoms with E-state index in [0.717, 1.165) is 21.9 Å². The van der Waals surface area contributed by atoms with Gasteiger partial charge in [0, 0.05) is 10.8 Å². The van der Waals surface area contributed by atoms with Gasteiger partial charge < -0.3 is 4.42 Å². The molecular formula is C44H28O. The summed E-state index contributed by atoms with van der Waals surface area (Å²) in [4.78, 5) is 0. The van der Waals surface area contributed by atoms with Gasteiger partial charge in [-0.3, -0.25) is 0 Å². The lowest BCUT2D eigenvalue weighted by atomic mass is 9.90. The number of hydrogen-bond acceptors (Lipinski definition) is 1. The van der Waals surface area contributed by atoms with E-state index in [1.54, 1.807) is 0 Å². The van der Waals surface area contributed by atoms with Gasteiger partial charge in [0.25, 0.3) is 0 Å². The average Bonchev–Trinajstić information content (AvgIpc) is 3.50. The van der Waals surface area contributed by atoms with Gasteiger partial charge in [-0.15, -0.1) is 0 Å². The average molecular weight is 573 g/mol. The number of benzene rings is 8. The molecule has 1 heterocycles. The van der Waals surface area contributed by atoms with E-state index in [0.29, 0.717) is 0 Å². The Hall–Kier alpha value is -5.92.